The van der Waals surface area contributed by atoms with Crippen molar-refractivity contribution in [3.63, 3.8) is 0 Å². The first-order valence-electron chi connectivity index (χ1n) is 10.1. The molecular weight excluding hydrogens is 423 g/mol. The molecule has 5 rings (SSSR count). The van der Waals surface area contributed by atoms with Crippen molar-refractivity contribution in [2.24, 2.45) is 0 Å². The third-order valence-corrected chi connectivity index (χ3v) is 6.16. The molecule has 158 valence electrons. The van der Waals surface area contributed by atoms with Gasteiger partial charge in [0.05, 0.1) is 11.3 Å². The smallest absolute Gasteiger partial charge is 0.196 e. The van der Waals surface area contributed by atoms with Gasteiger partial charge in [-0.05, 0) is 42.8 Å². The van der Waals surface area contributed by atoms with Gasteiger partial charge in [0.25, 0.3) is 0 Å². The quantitative estimate of drug-likeness (QED) is 0.265. The van der Waals surface area contributed by atoms with Crippen molar-refractivity contribution >= 4 is 28.4 Å². The number of fused-ring (bicyclic) bond motifs is 1. The molecule has 0 radical (unpaired) electrons. The summed E-state index contributed by atoms with van der Waals surface area (Å²) in [5.74, 6) is -0.0779. The zero-order valence-electron chi connectivity index (χ0n) is 17.2. The molecule has 0 fully saturated rings. The molecule has 0 atom stereocenters. The topological polar surface area (TPSA) is 63.6 Å². The summed E-state index contributed by atoms with van der Waals surface area (Å²) in [6, 6.07) is 22.0. The molecule has 3 aromatic carbocycles. The Kier molecular flexibility index (Phi) is 5.33. The number of aryl methyl sites for hydroxylation is 1. The number of carbonyl (C=O) groups is 1. The Morgan fingerprint density at radius 3 is 2.69 bits per heavy atom. The predicted molar refractivity (Wildman–Crippen MR) is 125 cm³/mol. The number of hydrogen-bond acceptors (Lipinski definition) is 4. The molecule has 0 bridgehead atoms. The van der Waals surface area contributed by atoms with Gasteiger partial charge >= 0.3 is 0 Å². The number of thioether (sulfide) groups is 1. The molecule has 0 saturated carbocycles. The Balaban J connectivity index is 1.56. The summed E-state index contributed by atoms with van der Waals surface area (Å²) in [5, 5.41) is 10.5. The van der Waals surface area contributed by atoms with Gasteiger partial charge in [-0.3, -0.25) is 9.36 Å². The Hall–Kier alpha value is -3.71. The Labute approximate surface area is 188 Å². The minimum atomic E-state index is -0.516. The van der Waals surface area contributed by atoms with E-state index in [1.807, 2.05) is 66.2 Å². The Morgan fingerprint density at radius 2 is 1.84 bits per heavy atom. The number of rotatable bonds is 6. The molecule has 0 aliphatic rings. The van der Waals surface area contributed by atoms with E-state index < -0.39 is 5.82 Å². The third kappa shape index (κ3) is 3.71. The highest BCUT2D eigenvalue weighted by Gasteiger charge is 2.20. The maximum absolute atomic E-state index is 14.0. The number of Topliss-reactive ketones (excluding diaryl/α,β-unsaturated/α-hetero) is 1. The zero-order chi connectivity index (χ0) is 22.1. The van der Waals surface area contributed by atoms with Crippen molar-refractivity contribution in [1.82, 2.24) is 19.7 Å². The van der Waals surface area contributed by atoms with Gasteiger partial charge in [0.15, 0.2) is 16.8 Å². The van der Waals surface area contributed by atoms with E-state index in [0.29, 0.717) is 11.0 Å². The number of halogens is 1. The van der Waals surface area contributed by atoms with Crippen molar-refractivity contribution in [2.75, 3.05) is 5.75 Å². The fourth-order valence-corrected chi connectivity index (χ4v) is 4.52. The normalized spacial score (nSPS) is 11.2. The molecule has 0 amide bonds. The van der Waals surface area contributed by atoms with E-state index in [1.165, 1.54) is 23.9 Å². The summed E-state index contributed by atoms with van der Waals surface area (Å²) >= 11 is 1.25. The van der Waals surface area contributed by atoms with Crippen molar-refractivity contribution in [2.45, 2.75) is 12.1 Å². The molecule has 1 N–H and O–H groups in total. The SMILES string of the molecule is Cc1cccc(-n2c(SCC(=O)c3ccccc3F)nnc2-c2c[nH]c3ccccc23)c1. The zero-order valence-corrected chi connectivity index (χ0v) is 18.1. The minimum Gasteiger partial charge on any atom is -0.360 e. The van der Waals surface area contributed by atoms with Crippen molar-refractivity contribution in [3.05, 3.63) is 95.9 Å². The summed E-state index contributed by atoms with van der Waals surface area (Å²) in [5.41, 5.74) is 4.00. The van der Waals surface area contributed by atoms with Crippen LogP contribution in [-0.2, 0) is 0 Å². The van der Waals surface area contributed by atoms with E-state index >= 15 is 0 Å². The van der Waals surface area contributed by atoms with Crippen LogP contribution in [0.4, 0.5) is 4.39 Å². The average molecular weight is 443 g/mol. The second kappa shape index (κ2) is 8.43. The van der Waals surface area contributed by atoms with Crippen LogP contribution in [0.15, 0.2) is 84.1 Å². The van der Waals surface area contributed by atoms with Gasteiger partial charge in [-0.25, -0.2) is 4.39 Å². The fraction of sp³-hybridized carbons (Fsp3) is 0.0800. The van der Waals surface area contributed by atoms with Crippen LogP contribution in [0, 0.1) is 12.7 Å². The first-order chi connectivity index (χ1) is 15.6. The lowest BCUT2D eigenvalue weighted by Crippen LogP contribution is -2.07. The van der Waals surface area contributed by atoms with Crippen LogP contribution in [0.25, 0.3) is 28.0 Å². The van der Waals surface area contributed by atoms with Crippen LogP contribution < -0.4 is 0 Å². The third-order valence-electron chi connectivity index (χ3n) is 5.23. The standard InChI is InChI=1S/C25H19FN4OS/c1-16-7-6-8-17(13-16)30-24(20-14-27-22-12-5-3-9-18(20)22)28-29-25(30)32-15-23(31)19-10-2-4-11-21(19)26/h2-14,27H,15H2,1H3. The van der Waals surface area contributed by atoms with Gasteiger partial charge in [-0.2, -0.15) is 0 Å². The molecule has 0 aliphatic heterocycles. The molecular formula is C25H19FN4OS. The number of hydrogen-bond donors (Lipinski definition) is 1. The largest absolute Gasteiger partial charge is 0.360 e. The van der Waals surface area contributed by atoms with Gasteiger partial charge in [0.2, 0.25) is 0 Å². The van der Waals surface area contributed by atoms with Crippen molar-refractivity contribution in [1.29, 1.82) is 0 Å². The molecule has 5 aromatic rings. The highest BCUT2D eigenvalue weighted by Crippen LogP contribution is 2.32. The molecule has 0 unspecified atom stereocenters. The summed E-state index contributed by atoms with van der Waals surface area (Å²) in [4.78, 5) is 15.9. The van der Waals surface area contributed by atoms with Crippen LogP contribution in [0.5, 0.6) is 0 Å². The maximum Gasteiger partial charge on any atom is 0.196 e. The highest BCUT2D eigenvalue weighted by atomic mass is 32.2. The van der Waals surface area contributed by atoms with Crippen LogP contribution >= 0.6 is 11.8 Å². The first-order valence-corrected chi connectivity index (χ1v) is 11.1. The number of aromatic nitrogens is 4. The molecule has 5 nitrogen and oxygen atoms in total. The Morgan fingerprint density at radius 1 is 1.03 bits per heavy atom. The van der Waals surface area contributed by atoms with E-state index in [4.69, 9.17) is 0 Å². The van der Waals surface area contributed by atoms with E-state index in [9.17, 15) is 9.18 Å². The molecule has 2 aromatic heterocycles. The molecule has 0 saturated heterocycles. The number of nitrogens with one attached hydrogen (secondary N) is 1. The number of para-hydroxylation sites is 1. The number of carbonyl (C=O) groups excluding carboxylic acids is 1. The fourth-order valence-electron chi connectivity index (χ4n) is 3.69. The summed E-state index contributed by atoms with van der Waals surface area (Å²) in [6.07, 6.45) is 1.92. The van der Waals surface area contributed by atoms with Gasteiger partial charge < -0.3 is 4.98 Å². The number of nitrogens with zero attached hydrogens (tertiary/aromatic N) is 3. The van der Waals surface area contributed by atoms with E-state index in [2.05, 4.69) is 15.2 Å². The van der Waals surface area contributed by atoms with Crippen molar-refractivity contribution < 1.29 is 9.18 Å². The lowest BCUT2D eigenvalue weighted by atomic mass is 10.1. The second-order valence-corrected chi connectivity index (χ2v) is 8.36. The van der Waals surface area contributed by atoms with Crippen LogP contribution in [-0.4, -0.2) is 31.3 Å². The van der Waals surface area contributed by atoms with Crippen LogP contribution in [0.1, 0.15) is 15.9 Å². The summed E-state index contributed by atoms with van der Waals surface area (Å²) in [6.45, 7) is 2.02. The maximum atomic E-state index is 14.0. The average Bonchev–Trinajstić information content (AvgIpc) is 3.41. The summed E-state index contributed by atoms with van der Waals surface area (Å²) in [7, 11) is 0. The Bertz CT molecular complexity index is 1440. The number of aromatic amines is 1. The highest BCUT2D eigenvalue weighted by molar-refractivity contribution is 7.99. The minimum absolute atomic E-state index is 0.0543. The number of ketones is 1. The lowest BCUT2D eigenvalue weighted by molar-refractivity contribution is 0.101. The molecule has 0 aliphatic carbocycles. The van der Waals surface area contributed by atoms with E-state index in [-0.39, 0.29) is 17.1 Å². The lowest BCUT2D eigenvalue weighted by Gasteiger charge is -2.11. The van der Waals surface area contributed by atoms with Crippen LogP contribution in [0.2, 0.25) is 0 Å². The van der Waals surface area contributed by atoms with Gasteiger partial charge in [0, 0.05) is 28.4 Å². The van der Waals surface area contributed by atoms with E-state index in [1.54, 1.807) is 12.1 Å². The second-order valence-electron chi connectivity index (χ2n) is 7.42. The number of benzene rings is 3. The number of H-pyrrole nitrogens is 1. The molecule has 0 spiro atoms. The summed E-state index contributed by atoms with van der Waals surface area (Å²) < 4.78 is 16.0. The molecule has 2 heterocycles. The monoisotopic (exact) mass is 442 g/mol. The van der Waals surface area contributed by atoms with E-state index in [0.717, 1.165) is 27.7 Å². The van der Waals surface area contributed by atoms with Gasteiger partial charge in [-0.1, -0.05) is 54.2 Å². The van der Waals surface area contributed by atoms with Gasteiger partial charge in [-0.15, -0.1) is 10.2 Å². The van der Waals surface area contributed by atoms with Crippen LogP contribution in [0.3, 0.4) is 0 Å². The van der Waals surface area contributed by atoms with Gasteiger partial charge in [0.1, 0.15) is 5.82 Å². The molecule has 32 heavy (non-hydrogen) atoms. The predicted octanol–water partition coefficient (Wildman–Crippen LogP) is 5.84. The van der Waals surface area contributed by atoms with Crippen molar-refractivity contribution in [3.8, 4) is 17.1 Å². The first kappa shape index (κ1) is 20.2. The molecule has 7 heteroatoms.